The van der Waals surface area contributed by atoms with Crippen LogP contribution < -0.4 is 5.32 Å². The van der Waals surface area contributed by atoms with E-state index in [0.717, 1.165) is 0 Å². The quantitative estimate of drug-likeness (QED) is 0.670. The molecule has 0 saturated carbocycles. The summed E-state index contributed by atoms with van der Waals surface area (Å²) in [4.78, 5) is 13.2. The van der Waals surface area contributed by atoms with Crippen LogP contribution >= 0.6 is 0 Å². The molecule has 1 fully saturated rings. The van der Waals surface area contributed by atoms with Gasteiger partial charge in [-0.05, 0) is 6.92 Å². The first-order chi connectivity index (χ1) is 7.11. The van der Waals surface area contributed by atoms with Crippen molar-refractivity contribution in [1.29, 1.82) is 0 Å². The first-order valence-corrected chi connectivity index (χ1v) is 6.61. The van der Waals surface area contributed by atoms with Crippen molar-refractivity contribution in [2.45, 2.75) is 12.6 Å². The molecule has 7 heteroatoms. The van der Waals surface area contributed by atoms with Gasteiger partial charge in [-0.25, -0.2) is 4.79 Å². The van der Waals surface area contributed by atoms with Crippen LogP contribution in [0, 0.1) is 0 Å². The van der Waals surface area contributed by atoms with Crippen LogP contribution in [0.4, 0.5) is 4.79 Å². The third-order valence-electron chi connectivity index (χ3n) is 2.72. The zero-order valence-corrected chi connectivity index (χ0v) is 10.6. The second-order valence-corrected chi connectivity index (χ2v) is 6.58. The fraction of sp³-hybridized carbons (Fsp3) is 0.875. The summed E-state index contributed by atoms with van der Waals surface area (Å²) < 4.78 is 16.0. The molecule has 0 radical (unpaired) electrons. The number of hydrogen-bond acceptors (Lipinski definition) is 4. The van der Waals surface area contributed by atoms with Crippen molar-refractivity contribution in [1.82, 2.24) is 10.2 Å². The van der Waals surface area contributed by atoms with E-state index < -0.39 is 8.80 Å². The van der Waals surface area contributed by atoms with Crippen molar-refractivity contribution in [3.63, 3.8) is 0 Å². The van der Waals surface area contributed by atoms with Crippen LogP contribution in [0.3, 0.4) is 0 Å². The highest BCUT2D eigenvalue weighted by molar-refractivity contribution is 6.62. The molecule has 0 aliphatic carbocycles. The van der Waals surface area contributed by atoms with Crippen LogP contribution in [0.25, 0.3) is 0 Å². The summed E-state index contributed by atoms with van der Waals surface area (Å²) in [5.41, 5.74) is -0.181. The second kappa shape index (κ2) is 4.93. The molecule has 1 aliphatic rings. The molecule has 0 spiro atoms. The van der Waals surface area contributed by atoms with Gasteiger partial charge in [0.2, 0.25) is 0 Å². The molecule has 2 amide bonds. The van der Waals surface area contributed by atoms with Gasteiger partial charge in [-0.3, -0.25) is 0 Å². The van der Waals surface area contributed by atoms with E-state index in [1.807, 2.05) is 6.92 Å². The molecule has 1 unspecified atom stereocenters. The number of rotatable bonds is 5. The maximum atomic E-state index is 11.5. The van der Waals surface area contributed by atoms with Crippen LogP contribution in [0.2, 0.25) is 0 Å². The van der Waals surface area contributed by atoms with E-state index in [2.05, 4.69) is 5.32 Å². The maximum absolute atomic E-state index is 11.5. The van der Waals surface area contributed by atoms with E-state index in [9.17, 15) is 4.79 Å². The van der Waals surface area contributed by atoms with Crippen molar-refractivity contribution in [3.8, 4) is 0 Å². The minimum absolute atomic E-state index is 0.0921. The van der Waals surface area contributed by atoms with Crippen molar-refractivity contribution < 1.29 is 18.1 Å². The number of urea groups is 1. The summed E-state index contributed by atoms with van der Waals surface area (Å²) in [6, 6.07) is -0.0921. The van der Waals surface area contributed by atoms with Gasteiger partial charge >= 0.3 is 14.8 Å². The van der Waals surface area contributed by atoms with Crippen LogP contribution in [0.15, 0.2) is 0 Å². The Hall–Kier alpha value is -0.633. The number of carbonyl (C=O) groups excluding carboxylic acids is 1. The predicted octanol–water partition coefficient (Wildman–Crippen LogP) is -0.183. The average Bonchev–Trinajstić information content (AvgIpc) is 2.67. The van der Waals surface area contributed by atoms with Crippen molar-refractivity contribution in [2.75, 3.05) is 34.4 Å². The van der Waals surface area contributed by atoms with E-state index in [4.69, 9.17) is 13.3 Å². The first kappa shape index (κ1) is 12.4. The van der Waals surface area contributed by atoms with Gasteiger partial charge in [0, 0.05) is 34.4 Å². The Bertz CT molecular complexity index is 226. The smallest absolute Gasteiger partial charge is 0.376 e. The molecule has 15 heavy (non-hydrogen) atoms. The van der Waals surface area contributed by atoms with Gasteiger partial charge in [0.1, 0.15) is 5.67 Å². The third kappa shape index (κ3) is 2.15. The Kier molecular flexibility index (Phi) is 4.09. The molecule has 1 aliphatic heterocycles. The predicted molar refractivity (Wildman–Crippen MR) is 56.3 cm³/mol. The molecule has 0 aromatic carbocycles. The zero-order chi connectivity index (χ0) is 11.5. The van der Waals surface area contributed by atoms with Crippen molar-refractivity contribution in [2.24, 2.45) is 0 Å². The average molecular weight is 234 g/mol. The van der Waals surface area contributed by atoms with Gasteiger partial charge in [0.05, 0.1) is 0 Å². The summed E-state index contributed by atoms with van der Waals surface area (Å²) in [7, 11) is 1.87. The first-order valence-electron chi connectivity index (χ1n) is 4.81. The molecule has 1 heterocycles. The number of nitrogens with one attached hydrogen (secondary N) is 1. The molecule has 0 bridgehead atoms. The van der Waals surface area contributed by atoms with Gasteiger partial charge in [0.25, 0.3) is 0 Å². The van der Waals surface area contributed by atoms with E-state index in [1.54, 1.807) is 26.2 Å². The van der Waals surface area contributed by atoms with Crippen LogP contribution in [-0.4, -0.2) is 59.8 Å². The minimum atomic E-state index is -2.76. The van der Waals surface area contributed by atoms with Crippen molar-refractivity contribution >= 4 is 14.8 Å². The standard InChI is InChI=1S/C8H18N2O4Si/c1-7(10-6-5-9-8(10)11)15(12-2,13-3)14-4/h7H,5-6H2,1-4H3,(H,9,11). The lowest BCUT2D eigenvalue weighted by molar-refractivity contribution is 0.0907. The molecule has 0 aromatic heterocycles. The molecule has 88 valence electrons. The highest BCUT2D eigenvalue weighted by Crippen LogP contribution is 2.18. The lowest BCUT2D eigenvalue weighted by atomic mass is 10.6. The molecule has 1 N–H and O–H groups in total. The summed E-state index contributed by atoms with van der Waals surface area (Å²) >= 11 is 0. The normalized spacial score (nSPS) is 19.2. The molecule has 6 nitrogen and oxygen atoms in total. The Morgan fingerprint density at radius 2 is 1.87 bits per heavy atom. The monoisotopic (exact) mass is 234 g/mol. The van der Waals surface area contributed by atoms with Gasteiger partial charge in [-0.15, -0.1) is 0 Å². The zero-order valence-electron chi connectivity index (χ0n) is 9.57. The Morgan fingerprint density at radius 1 is 1.33 bits per heavy atom. The second-order valence-electron chi connectivity index (χ2n) is 3.32. The highest BCUT2D eigenvalue weighted by Gasteiger charge is 2.50. The van der Waals surface area contributed by atoms with Crippen molar-refractivity contribution in [3.05, 3.63) is 0 Å². The van der Waals surface area contributed by atoms with Gasteiger partial charge < -0.3 is 23.5 Å². The fourth-order valence-electron chi connectivity index (χ4n) is 1.81. The highest BCUT2D eigenvalue weighted by atomic mass is 28.4. The third-order valence-corrected chi connectivity index (χ3v) is 5.76. The summed E-state index contributed by atoms with van der Waals surface area (Å²) in [5.74, 6) is 0. The summed E-state index contributed by atoms with van der Waals surface area (Å²) in [5, 5.41) is 2.74. The summed E-state index contributed by atoms with van der Waals surface area (Å²) in [6.07, 6.45) is 0. The lowest BCUT2D eigenvalue weighted by Gasteiger charge is -2.34. The van der Waals surface area contributed by atoms with Gasteiger partial charge in [-0.1, -0.05) is 0 Å². The van der Waals surface area contributed by atoms with Gasteiger partial charge in [-0.2, -0.15) is 0 Å². The van der Waals surface area contributed by atoms with Gasteiger partial charge in [0.15, 0.2) is 0 Å². The van der Waals surface area contributed by atoms with Crippen LogP contribution in [0.1, 0.15) is 6.92 Å². The topological polar surface area (TPSA) is 60.0 Å². The summed E-state index contributed by atoms with van der Waals surface area (Å²) in [6.45, 7) is 3.20. The number of nitrogens with zero attached hydrogens (tertiary/aromatic N) is 1. The maximum Gasteiger partial charge on any atom is 0.523 e. The molecular formula is C8H18N2O4Si. The number of carbonyl (C=O) groups is 1. The molecule has 0 aromatic rings. The van der Waals surface area contributed by atoms with Crippen LogP contribution in [-0.2, 0) is 13.3 Å². The number of amides is 2. The Morgan fingerprint density at radius 3 is 2.20 bits per heavy atom. The largest absolute Gasteiger partial charge is 0.523 e. The van der Waals surface area contributed by atoms with Crippen LogP contribution in [0.5, 0.6) is 0 Å². The fourth-order valence-corrected chi connectivity index (χ4v) is 3.96. The lowest BCUT2D eigenvalue weighted by Crippen LogP contribution is -2.60. The Balaban J connectivity index is 2.79. The van der Waals surface area contributed by atoms with E-state index in [-0.39, 0.29) is 11.7 Å². The van der Waals surface area contributed by atoms with E-state index >= 15 is 0 Å². The minimum Gasteiger partial charge on any atom is -0.376 e. The molecular weight excluding hydrogens is 216 g/mol. The van der Waals surface area contributed by atoms with E-state index in [0.29, 0.717) is 13.1 Å². The van der Waals surface area contributed by atoms with E-state index in [1.165, 1.54) is 0 Å². The number of hydrogen-bond donors (Lipinski definition) is 1. The Labute approximate surface area is 90.9 Å². The SMILES string of the molecule is CO[Si](OC)(OC)C(C)N1CCNC1=O. The molecule has 1 saturated heterocycles. The molecule has 1 atom stereocenters. The molecule has 1 rings (SSSR count).